The Hall–Kier alpha value is -4.08. The van der Waals surface area contributed by atoms with E-state index in [2.05, 4.69) is 88.7 Å². The van der Waals surface area contributed by atoms with Crippen molar-refractivity contribution in [3.05, 3.63) is 83.4 Å². The number of benzene rings is 3. The van der Waals surface area contributed by atoms with E-state index >= 15 is 0 Å². The summed E-state index contributed by atoms with van der Waals surface area (Å²) < 4.78 is 8.49. The minimum absolute atomic E-state index is 0.669. The fourth-order valence-corrected chi connectivity index (χ4v) is 5.94. The number of nitriles is 1. The molecule has 39 heavy (non-hydrogen) atoms. The second kappa shape index (κ2) is 11.0. The van der Waals surface area contributed by atoms with Gasteiger partial charge in [0.25, 0.3) is 0 Å². The average molecular weight is 518 g/mol. The molecule has 2 aromatic heterocycles. The highest BCUT2D eigenvalue weighted by Gasteiger charge is 2.26. The van der Waals surface area contributed by atoms with Crippen LogP contribution in [0.2, 0.25) is 0 Å². The number of fused-ring (bicyclic) bond motifs is 4. The van der Waals surface area contributed by atoms with E-state index in [1.165, 1.54) is 16.8 Å². The Morgan fingerprint density at radius 2 is 1.72 bits per heavy atom. The van der Waals surface area contributed by atoms with Crippen LogP contribution < -0.4 is 9.64 Å². The first kappa shape index (κ1) is 25.2. The number of anilines is 1. The molecule has 0 atom stereocenters. The third kappa shape index (κ3) is 4.68. The van der Waals surface area contributed by atoms with Crippen molar-refractivity contribution in [3.8, 4) is 11.8 Å². The number of aromatic nitrogens is 2. The van der Waals surface area contributed by atoms with E-state index < -0.39 is 0 Å². The van der Waals surface area contributed by atoms with Crippen molar-refractivity contribution in [2.45, 2.75) is 33.1 Å². The summed E-state index contributed by atoms with van der Waals surface area (Å²) in [5, 5.41) is 12.5. The largest absolute Gasteiger partial charge is 0.492 e. The van der Waals surface area contributed by atoms with Crippen LogP contribution >= 0.6 is 0 Å². The standard InChI is InChI=1S/C33H35N5O/c1-3-4-12-26-24(2)28(23-34)32-35-29-14-7-8-15-30(29)38(32)33(26)37-19-17-36(18-20-37)21-22-39-31-16-9-11-25-10-5-6-13-27(25)31/h5-11,13-16H,3-4,12,17-22H2,1-2H3. The zero-order valence-corrected chi connectivity index (χ0v) is 22.9. The Kier molecular flexibility index (Phi) is 7.08. The molecule has 1 aliphatic rings. The van der Waals surface area contributed by atoms with Crippen LogP contribution in [0.5, 0.6) is 5.75 Å². The van der Waals surface area contributed by atoms with Crippen LogP contribution in [-0.2, 0) is 6.42 Å². The van der Waals surface area contributed by atoms with Crippen molar-refractivity contribution in [2.24, 2.45) is 0 Å². The highest BCUT2D eigenvalue weighted by atomic mass is 16.5. The number of hydrogen-bond donors (Lipinski definition) is 0. The van der Waals surface area contributed by atoms with Gasteiger partial charge in [-0.3, -0.25) is 9.30 Å². The Morgan fingerprint density at radius 1 is 0.949 bits per heavy atom. The summed E-state index contributed by atoms with van der Waals surface area (Å²) in [5.41, 5.74) is 5.85. The van der Waals surface area contributed by atoms with Gasteiger partial charge in [0.2, 0.25) is 0 Å². The summed E-state index contributed by atoms with van der Waals surface area (Å²) in [6.45, 7) is 9.70. The van der Waals surface area contributed by atoms with E-state index in [4.69, 9.17) is 9.72 Å². The number of unbranched alkanes of at least 4 members (excludes halogenated alkanes) is 1. The van der Waals surface area contributed by atoms with Crippen molar-refractivity contribution in [2.75, 3.05) is 44.2 Å². The van der Waals surface area contributed by atoms with Crippen molar-refractivity contribution in [1.82, 2.24) is 14.3 Å². The summed E-state index contributed by atoms with van der Waals surface area (Å²) in [6.07, 6.45) is 3.18. The maximum Gasteiger partial charge on any atom is 0.157 e. The molecule has 0 N–H and O–H groups in total. The number of rotatable bonds is 8. The number of para-hydroxylation sites is 2. The van der Waals surface area contributed by atoms with Gasteiger partial charge in [-0.25, -0.2) is 4.98 Å². The molecule has 3 heterocycles. The predicted molar refractivity (Wildman–Crippen MR) is 159 cm³/mol. The maximum absolute atomic E-state index is 10.1. The molecule has 1 saturated heterocycles. The zero-order chi connectivity index (χ0) is 26.8. The van der Waals surface area contributed by atoms with Gasteiger partial charge in [-0.05, 0) is 54.5 Å². The van der Waals surface area contributed by atoms with Crippen LogP contribution in [0.25, 0.3) is 27.5 Å². The van der Waals surface area contributed by atoms with E-state index in [1.54, 1.807) is 0 Å². The van der Waals surface area contributed by atoms with Gasteiger partial charge in [0.1, 0.15) is 24.2 Å². The lowest BCUT2D eigenvalue weighted by Crippen LogP contribution is -2.48. The third-order valence-electron chi connectivity index (χ3n) is 8.07. The Labute approximate surface area is 230 Å². The second-order valence-electron chi connectivity index (χ2n) is 10.4. The summed E-state index contributed by atoms with van der Waals surface area (Å²) in [4.78, 5) is 9.93. The number of nitrogens with zero attached hydrogens (tertiary/aromatic N) is 5. The predicted octanol–water partition coefficient (Wildman–Crippen LogP) is 6.36. The first-order chi connectivity index (χ1) is 19.2. The van der Waals surface area contributed by atoms with Crippen LogP contribution in [0.4, 0.5) is 5.82 Å². The van der Waals surface area contributed by atoms with E-state index in [1.807, 2.05) is 12.1 Å². The molecule has 0 radical (unpaired) electrons. The molecular formula is C33H35N5O. The van der Waals surface area contributed by atoms with Crippen LogP contribution in [0.1, 0.15) is 36.5 Å². The Balaban J connectivity index is 1.24. The zero-order valence-electron chi connectivity index (χ0n) is 22.9. The molecule has 6 heteroatoms. The Morgan fingerprint density at radius 3 is 2.54 bits per heavy atom. The SMILES string of the molecule is CCCCc1c(C)c(C#N)c2nc3ccccc3n2c1N1CCN(CCOc2cccc3ccccc23)CC1. The first-order valence-electron chi connectivity index (χ1n) is 14.1. The van der Waals surface area contributed by atoms with E-state index in [-0.39, 0.29) is 0 Å². The minimum atomic E-state index is 0.669. The highest BCUT2D eigenvalue weighted by molar-refractivity contribution is 5.88. The smallest absolute Gasteiger partial charge is 0.157 e. The van der Waals surface area contributed by atoms with Gasteiger partial charge in [-0.15, -0.1) is 0 Å². The van der Waals surface area contributed by atoms with Crippen molar-refractivity contribution in [3.63, 3.8) is 0 Å². The summed E-state index contributed by atoms with van der Waals surface area (Å²) >= 11 is 0. The molecule has 6 nitrogen and oxygen atoms in total. The molecule has 0 amide bonds. The topological polar surface area (TPSA) is 56.8 Å². The fraction of sp³-hybridized carbons (Fsp3) is 0.333. The number of hydrogen-bond acceptors (Lipinski definition) is 5. The molecule has 1 fully saturated rings. The number of piperazine rings is 1. The summed E-state index contributed by atoms with van der Waals surface area (Å²) in [6, 6.07) is 25.4. The van der Waals surface area contributed by atoms with Gasteiger partial charge in [0, 0.05) is 38.1 Å². The normalized spacial score (nSPS) is 14.3. The molecule has 0 spiro atoms. The van der Waals surface area contributed by atoms with E-state index in [9.17, 15) is 5.26 Å². The molecule has 0 unspecified atom stereocenters. The molecule has 5 aromatic rings. The lowest BCUT2D eigenvalue weighted by atomic mass is 9.99. The fourth-order valence-electron chi connectivity index (χ4n) is 5.94. The molecular weight excluding hydrogens is 482 g/mol. The quantitative estimate of drug-likeness (QED) is 0.240. The molecule has 0 bridgehead atoms. The first-order valence-corrected chi connectivity index (χ1v) is 14.1. The molecule has 198 valence electrons. The highest BCUT2D eigenvalue weighted by Crippen LogP contribution is 2.34. The summed E-state index contributed by atoms with van der Waals surface area (Å²) in [7, 11) is 0. The third-order valence-corrected chi connectivity index (χ3v) is 8.07. The number of pyridine rings is 1. The average Bonchev–Trinajstić information content (AvgIpc) is 3.35. The maximum atomic E-state index is 10.1. The van der Waals surface area contributed by atoms with Crippen LogP contribution in [0.15, 0.2) is 66.7 Å². The van der Waals surface area contributed by atoms with Crippen LogP contribution in [-0.4, -0.2) is 53.6 Å². The number of imidazole rings is 1. The minimum Gasteiger partial charge on any atom is -0.492 e. The second-order valence-corrected chi connectivity index (χ2v) is 10.4. The van der Waals surface area contributed by atoms with Crippen molar-refractivity contribution < 1.29 is 4.74 Å². The van der Waals surface area contributed by atoms with E-state index in [0.29, 0.717) is 12.2 Å². The molecule has 6 rings (SSSR count). The Bertz CT molecular complexity index is 1670. The monoisotopic (exact) mass is 517 g/mol. The van der Waals surface area contributed by atoms with Crippen LogP contribution in [0, 0.1) is 18.3 Å². The molecule has 0 aliphatic carbocycles. The van der Waals surface area contributed by atoms with E-state index in [0.717, 1.165) is 85.4 Å². The number of ether oxygens (including phenoxy) is 1. The van der Waals surface area contributed by atoms with Crippen molar-refractivity contribution in [1.29, 1.82) is 5.26 Å². The van der Waals surface area contributed by atoms with Gasteiger partial charge < -0.3 is 9.64 Å². The molecule has 3 aromatic carbocycles. The van der Waals surface area contributed by atoms with Gasteiger partial charge in [0.05, 0.1) is 16.6 Å². The van der Waals surface area contributed by atoms with Crippen molar-refractivity contribution >= 4 is 33.3 Å². The van der Waals surface area contributed by atoms with Gasteiger partial charge in [-0.1, -0.05) is 61.9 Å². The van der Waals surface area contributed by atoms with Crippen LogP contribution in [0.3, 0.4) is 0 Å². The summed E-state index contributed by atoms with van der Waals surface area (Å²) in [5.74, 6) is 2.17. The van der Waals surface area contributed by atoms with Gasteiger partial charge >= 0.3 is 0 Å². The molecule has 0 saturated carbocycles. The van der Waals surface area contributed by atoms with Gasteiger partial charge in [0.15, 0.2) is 5.65 Å². The molecule has 1 aliphatic heterocycles. The lowest BCUT2D eigenvalue weighted by Gasteiger charge is -2.37. The lowest BCUT2D eigenvalue weighted by molar-refractivity contribution is 0.201. The van der Waals surface area contributed by atoms with Gasteiger partial charge in [-0.2, -0.15) is 5.26 Å².